The lowest BCUT2D eigenvalue weighted by atomic mass is 9.53. The van der Waals surface area contributed by atoms with Crippen molar-refractivity contribution in [2.24, 2.45) is 17.8 Å². The van der Waals surface area contributed by atoms with E-state index in [1.807, 2.05) is 0 Å². The van der Waals surface area contributed by atoms with E-state index in [0.29, 0.717) is 17.8 Å². The molecule has 0 amide bonds. The van der Waals surface area contributed by atoms with Gasteiger partial charge in [0.1, 0.15) is 0 Å². The SMILES string of the molecule is CN(C12CC3CC(CC(C3)C1)C2)S(=O)(=O)c1ccccc1[N+](=O)[O-]. The Kier molecular flexibility index (Phi) is 3.51. The lowest BCUT2D eigenvalue weighted by molar-refractivity contribution is -0.387. The summed E-state index contributed by atoms with van der Waals surface area (Å²) in [4.78, 5) is 10.5. The molecule has 7 heteroatoms. The molecule has 4 saturated carbocycles. The Morgan fingerprint density at radius 1 is 1.08 bits per heavy atom. The Bertz CT molecular complexity index is 754. The van der Waals surface area contributed by atoms with E-state index in [9.17, 15) is 18.5 Å². The Hall–Kier alpha value is -1.47. The van der Waals surface area contributed by atoms with E-state index in [-0.39, 0.29) is 16.1 Å². The molecule has 0 radical (unpaired) electrons. The minimum Gasteiger partial charge on any atom is -0.258 e. The van der Waals surface area contributed by atoms with Gasteiger partial charge in [0.15, 0.2) is 4.90 Å². The first-order chi connectivity index (χ1) is 11.3. The molecule has 0 aromatic heterocycles. The highest BCUT2D eigenvalue weighted by molar-refractivity contribution is 7.89. The molecule has 6 nitrogen and oxygen atoms in total. The van der Waals surface area contributed by atoms with E-state index >= 15 is 0 Å². The van der Waals surface area contributed by atoms with Crippen molar-refractivity contribution in [1.82, 2.24) is 4.31 Å². The van der Waals surface area contributed by atoms with Crippen molar-refractivity contribution in [3.05, 3.63) is 34.4 Å². The summed E-state index contributed by atoms with van der Waals surface area (Å²) in [5.74, 6) is 1.83. The van der Waals surface area contributed by atoms with Gasteiger partial charge in [-0.1, -0.05) is 12.1 Å². The monoisotopic (exact) mass is 350 g/mol. The van der Waals surface area contributed by atoms with Gasteiger partial charge in [-0.25, -0.2) is 8.42 Å². The molecule has 1 aromatic carbocycles. The number of nitro benzene ring substituents is 1. The van der Waals surface area contributed by atoms with Crippen LogP contribution in [0.25, 0.3) is 0 Å². The van der Waals surface area contributed by atoms with Gasteiger partial charge in [0.2, 0.25) is 10.0 Å². The molecule has 0 spiro atoms. The molecule has 4 aliphatic rings. The second-order valence-electron chi connectivity index (χ2n) is 7.84. The first-order valence-electron chi connectivity index (χ1n) is 8.54. The van der Waals surface area contributed by atoms with Crippen LogP contribution in [0.5, 0.6) is 0 Å². The molecule has 4 aliphatic carbocycles. The fourth-order valence-electron chi connectivity index (χ4n) is 5.68. The van der Waals surface area contributed by atoms with Gasteiger partial charge in [-0.3, -0.25) is 10.1 Å². The summed E-state index contributed by atoms with van der Waals surface area (Å²) < 4.78 is 27.9. The number of benzene rings is 1. The van der Waals surface area contributed by atoms with Crippen molar-refractivity contribution in [2.45, 2.75) is 49.0 Å². The van der Waals surface area contributed by atoms with Gasteiger partial charge in [0.05, 0.1) is 4.92 Å². The molecular formula is C17H22N2O4S. The van der Waals surface area contributed by atoms with Crippen molar-refractivity contribution in [1.29, 1.82) is 0 Å². The van der Waals surface area contributed by atoms with Crippen LogP contribution in [0.1, 0.15) is 38.5 Å². The van der Waals surface area contributed by atoms with Gasteiger partial charge in [-0.2, -0.15) is 4.31 Å². The predicted octanol–water partition coefficient (Wildman–Crippen LogP) is 3.18. The normalized spacial score (nSPS) is 34.7. The highest BCUT2D eigenvalue weighted by Gasteiger charge is 2.55. The molecule has 0 heterocycles. The zero-order valence-electron chi connectivity index (χ0n) is 13.7. The van der Waals surface area contributed by atoms with E-state index in [4.69, 9.17) is 0 Å². The molecule has 1 aromatic rings. The summed E-state index contributed by atoms with van der Waals surface area (Å²) in [5, 5.41) is 11.3. The van der Waals surface area contributed by atoms with Crippen LogP contribution in [0.4, 0.5) is 5.69 Å². The lowest BCUT2D eigenvalue weighted by Gasteiger charge is -2.59. The third-order valence-corrected chi connectivity index (χ3v) is 8.38. The average molecular weight is 350 g/mol. The van der Waals surface area contributed by atoms with Crippen LogP contribution in [-0.2, 0) is 10.0 Å². The zero-order chi connectivity index (χ0) is 17.1. The van der Waals surface area contributed by atoms with E-state index in [1.54, 1.807) is 13.1 Å². The number of rotatable bonds is 4. The summed E-state index contributed by atoms with van der Waals surface area (Å²) >= 11 is 0. The maximum Gasteiger partial charge on any atom is 0.289 e. The Labute approximate surface area is 142 Å². The van der Waals surface area contributed by atoms with E-state index < -0.39 is 14.9 Å². The first-order valence-corrected chi connectivity index (χ1v) is 9.98. The number of hydrogen-bond acceptors (Lipinski definition) is 4. The number of para-hydroxylation sites is 1. The van der Waals surface area contributed by atoms with E-state index in [2.05, 4.69) is 0 Å². The fourth-order valence-corrected chi connectivity index (χ4v) is 7.37. The maximum atomic E-state index is 13.2. The van der Waals surface area contributed by atoms with Crippen LogP contribution < -0.4 is 0 Å². The minimum absolute atomic E-state index is 0.187. The molecule has 4 fully saturated rings. The largest absolute Gasteiger partial charge is 0.289 e. The molecule has 0 atom stereocenters. The van der Waals surface area contributed by atoms with E-state index in [1.165, 1.54) is 41.8 Å². The average Bonchev–Trinajstić information content (AvgIpc) is 2.52. The van der Waals surface area contributed by atoms with Gasteiger partial charge in [-0.15, -0.1) is 0 Å². The van der Waals surface area contributed by atoms with Gasteiger partial charge in [-0.05, 0) is 62.3 Å². The molecular weight excluding hydrogens is 328 g/mol. The fraction of sp³-hybridized carbons (Fsp3) is 0.647. The van der Waals surface area contributed by atoms with Gasteiger partial charge in [0, 0.05) is 18.7 Å². The standard InChI is InChI=1S/C17H22N2O4S/c1-18(17-9-12-6-13(10-17)8-14(7-12)11-17)24(22,23)16-5-3-2-4-15(16)19(20)21/h2-5,12-14H,6-11H2,1H3. The third-order valence-electron chi connectivity index (χ3n) is 6.37. The summed E-state index contributed by atoms with van der Waals surface area (Å²) in [6.07, 6.45) is 6.36. The molecule has 0 unspecified atom stereocenters. The van der Waals surface area contributed by atoms with Crippen molar-refractivity contribution in [3.8, 4) is 0 Å². The number of sulfonamides is 1. The number of nitrogens with zero attached hydrogens (tertiary/aromatic N) is 2. The summed E-state index contributed by atoms with van der Waals surface area (Å²) in [5.41, 5.74) is -0.689. The number of nitro groups is 1. The second-order valence-corrected chi connectivity index (χ2v) is 9.78. The molecule has 130 valence electrons. The van der Waals surface area contributed by atoms with Crippen molar-refractivity contribution in [2.75, 3.05) is 7.05 Å². The van der Waals surface area contributed by atoms with Crippen LogP contribution in [0.3, 0.4) is 0 Å². The van der Waals surface area contributed by atoms with Gasteiger partial charge >= 0.3 is 0 Å². The lowest BCUT2D eigenvalue weighted by Crippen LogP contribution is -2.60. The van der Waals surface area contributed by atoms with Crippen LogP contribution in [0.2, 0.25) is 0 Å². The van der Waals surface area contributed by atoms with Gasteiger partial charge in [0.25, 0.3) is 5.69 Å². The third kappa shape index (κ3) is 2.29. The van der Waals surface area contributed by atoms with Gasteiger partial charge < -0.3 is 0 Å². The molecule has 0 saturated heterocycles. The zero-order valence-corrected chi connectivity index (χ0v) is 14.5. The van der Waals surface area contributed by atoms with Crippen LogP contribution >= 0.6 is 0 Å². The van der Waals surface area contributed by atoms with Crippen LogP contribution in [0.15, 0.2) is 29.2 Å². The molecule has 5 rings (SSSR count). The Morgan fingerprint density at radius 2 is 1.58 bits per heavy atom. The quantitative estimate of drug-likeness (QED) is 0.617. The number of hydrogen-bond donors (Lipinski definition) is 0. The van der Waals surface area contributed by atoms with E-state index in [0.717, 1.165) is 19.3 Å². The highest BCUT2D eigenvalue weighted by Crippen LogP contribution is 2.58. The van der Waals surface area contributed by atoms with Crippen molar-refractivity contribution in [3.63, 3.8) is 0 Å². The molecule has 0 N–H and O–H groups in total. The first kappa shape index (κ1) is 16.0. The van der Waals surface area contributed by atoms with Crippen molar-refractivity contribution >= 4 is 15.7 Å². The second kappa shape index (κ2) is 5.26. The van der Waals surface area contributed by atoms with Crippen LogP contribution in [0, 0.1) is 27.9 Å². The predicted molar refractivity (Wildman–Crippen MR) is 88.9 cm³/mol. The molecule has 0 aliphatic heterocycles. The smallest absolute Gasteiger partial charge is 0.258 e. The topological polar surface area (TPSA) is 80.5 Å². The summed E-state index contributed by atoms with van der Waals surface area (Å²) in [7, 11) is -2.26. The Balaban J connectivity index is 1.74. The summed E-state index contributed by atoms with van der Waals surface area (Å²) in [6.45, 7) is 0. The summed E-state index contributed by atoms with van der Waals surface area (Å²) in [6, 6.07) is 5.67. The van der Waals surface area contributed by atoms with Crippen LogP contribution in [-0.4, -0.2) is 30.2 Å². The molecule has 24 heavy (non-hydrogen) atoms. The Morgan fingerprint density at radius 3 is 2.08 bits per heavy atom. The highest BCUT2D eigenvalue weighted by atomic mass is 32.2. The molecule has 4 bridgehead atoms. The van der Waals surface area contributed by atoms with Crippen molar-refractivity contribution < 1.29 is 13.3 Å². The minimum atomic E-state index is -3.89. The maximum absolute atomic E-state index is 13.2.